The Labute approximate surface area is 64.2 Å². The average molecular weight is 152 g/mol. The van der Waals surface area contributed by atoms with Gasteiger partial charge in [0.2, 0.25) is 0 Å². The Morgan fingerprint density at radius 1 is 1.45 bits per heavy atom. The first-order chi connectivity index (χ1) is 5.21. The first-order valence-electron chi connectivity index (χ1n) is 3.62. The van der Waals surface area contributed by atoms with Gasteiger partial charge in [-0.15, -0.1) is 0 Å². The van der Waals surface area contributed by atoms with Crippen LogP contribution in [0.5, 0.6) is 0 Å². The fourth-order valence-electron chi connectivity index (χ4n) is 1.04. The number of nitrogens with zero attached hydrogens (tertiary/aromatic N) is 1. The maximum atomic E-state index is 13.3. The lowest BCUT2D eigenvalue weighted by Crippen LogP contribution is -2.01. The van der Waals surface area contributed by atoms with Gasteiger partial charge >= 0.3 is 0 Å². The molecule has 1 fully saturated rings. The van der Waals surface area contributed by atoms with E-state index in [4.69, 9.17) is 5.73 Å². The molecule has 0 atom stereocenters. The average Bonchev–Trinajstić information content (AvgIpc) is 2.70. The van der Waals surface area contributed by atoms with E-state index in [2.05, 4.69) is 4.98 Å². The number of anilines is 1. The van der Waals surface area contributed by atoms with Gasteiger partial charge in [0.1, 0.15) is 0 Å². The minimum Gasteiger partial charge on any atom is -0.397 e. The Hall–Kier alpha value is -1.12. The third-order valence-corrected chi connectivity index (χ3v) is 1.93. The van der Waals surface area contributed by atoms with Gasteiger partial charge in [0.05, 0.1) is 17.6 Å². The molecule has 2 N–H and O–H groups in total. The van der Waals surface area contributed by atoms with Crippen molar-refractivity contribution >= 4 is 5.69 Å². The highest BCUT2D eigenvalue weighted by Crippen LogP contribution is 2.48. The molecule has 58 valence electrons. The molecule has 0 bridgehead atoms. The zero-order valence-electron chi connectivity index (χ0n) is 6.05. The topological polar surface area (TPSA) is 38.9 Å². The zero-order valence-corrected chi connectivity index (χ0v) is 6.05. The summed E-state index contributed by atoms with van der Waals surface area (Å²) < 4.78 is 13.3. The number of nitrogen functional groups attached to an aromatic ring is 1. The van der Waals surface area contributed by atoms with Gasteiger partial charge < -0.3 is 5.73 Å². The molecule has 0 saturated heterocycles. The Kier molecular flexibility index (Phi) is 1.16. The van der Waals surface area contributed by atoms with Crippen molar-refractivity contribution in [1.82, 2.24) is 4.98 Å². The van der Waals surface area contributed by atoms with Crippen LogP contribution in [0.4, 0.5) is 10.1 Å². The Bertz CT molecular complexity index is 264. The van der Waals surface area contributed by atoms with Crippen LogP contribution in [-0.4, -0.2) is 4.98 Å². The van der Waals surface area contributed by atoms with Crippen LogP contribution in [0.25, 0.3) is 0 Å². The lowest BCUT2D eigenvalue weighted by molar-refractivity contribution is 0.309. The standard InChI is InChI=1S/C8H9FN2/c9-8(3-4-8)7-2-1-6(10)5-11-7/h1-2,5H,3-4,10H2. The molecule has 1 aliphatic rings. The summed E-state index contributed by atoms with van der Waals surface area (Å²) in [5.41, 5.74) is 5.38. The van der Waals surface area contributed by atoms with Crippen LogP contribution in [-0.2, 0) is 5.67 Å². The van der Waals surface area contributed by atoms with Crippen molar-refractivity contribution in [2.24, 2.45) is 0 Å². The summed E-state index contributed by atoms with van der Waals surface area (Å²) in [5.74, 6) is 0. The molecule has 1 saturated carbocycles. The van der Waals surface area contributed by atoms with Crippen LogP contribution in [0, 0.1) is 0 Å². The van der Waals surface area contributed by atoms with Gasteiger partial charge in [-0.2, -0.15) is 0 Å². The van der Waals surface area contributed by atoms with Crippen molar-refractivity contribution in [2.45, 2.75) is 18.5 Å². The Morgan fingerprint density at radius 3 is 2.64 bits per heavy atom. The lowest BCUT2D eigenvalue weighted by atomic mass is 10.2. The molecule has 1 heterocycles. The predicted molar refractivity (Wildman–Crippen MR) is 40.7 cm³/mol. The molecule has 1 aromatic rings. The van der Waals surface area contributed by atoms with E-state index in [9.17, 15) is 4.39 Å². The quantitative estimate of drug-likeness (QED) is 0.664. The molecule has 1 aromatic heterocycles. The van der Waals surface area contributed by atoms with E-state index in [1.54, 1.807) is 12.1 Å². The van der Waals surface area contributed by atoms with Gasteiger partial charge in [-0.3, -0.25) is 4.98 Å². The van der Waals surface area contributed by atoms with Crippen molar-refractivity contribution in [3.05, 3.63) is 24.0 Å². The number of rotatable bonds is 1. The number of hydrogen-bond acceptors (Lipinski definition) is 2. The molecule has 0 unspecified atom stereocenters. The summed E-state index contributed by atoms with van der Waals surface area (Å²) in [6.07, 6.45) is 2.70. The molecule has 11 heavy (non-hydrogen) atoms. The minimum absolute atomic E-state index is 0.520. The van der Waals surface area contributed by atoms with Crippen molar-refractivity contribution in [3.63, 3.8) is 0 Å². The highest BCUT2D eigenvalue weighted by atomic mass is 19.1. The molecular formula is C8H9FN2. The first-order valence-corrected chi connectivity index (χ1v) is 3.62. The van der Waals surface area contributed by atoms with Crippen LogP contribution in [0.15, 0.2) is 18.3 Å². The van der Waals surface area contributed by atoms with E-state index in [0.717, 1.165) is 0 Å². The molecule has 0 aliphatic heterocycles. The molecule has 0 aromatic carbocycles. The zero-order chi connectivity index (χ0) is 7.90. The Morgan fingerprint density at radius 2 is 2.18 bits per heavy atom. The first kappa shape index (κ1) is 6.58. The van der Waals surface area contributed by atoms with Gasteiger partial charge in [0.15, 0.2) is 5.67 Å². The molecule has 0 amide bonds. The maximum absolute atomic E-state index is 13.3. The molecule has 2 rings (SSSR count). The highest BCUT2D eigenvalue weighted by molar-refractivity contribution is 5.36. The fraction of sp³-hybridized carbons (Fsp3) is 0.375. The Balaban J connectivity index is 2.33. The van der Waals surface area contributed by atoms with Crippen LogP contribution < -0.4 is 5.73 Å². The normalized spacial score (nSPS) is 19.7. The van der Waals surface area contributed by atoms with Crippen molar-refractivity contribution in [3.8, 4) is 0 Å². The van der Waals surface area contributed by atoms with E-state index in [0.29, 0.717) is 24.2 Å². The van der Waals surface area contributed by atoms with Gasteiger partial charge in [0, 0.05) is 0 Å². The van der Waals surface area contributed by atoms with E-state index in [-0.39, 0.29) is 0 Å². The largest absolute Gasteiger partial charge is 0.397 e. The molecule has 0 radical (unpaired) electrons. The van der Waals surface area contributed by atoms with Crippen molar-refractivity contribution in [1.29, 1.82) is 0 Å². The van der Waals surface area contributed by atoms with E-state index in [1.165, 1.54) is 6.20 Å². The van der Waals surface area contributed by atoms with Crippen LogP contribution in [0.3, 0.4) is 0 Å². The van der Waals surface area contributed by atoms with Crippen LogP contribution in [0.2, 0.25) is 0 Å². The summed E-state index contributed by atoms with van der Waals surface area (Å²) in [5, 5.41) is 0. The third kappa shape index (κ3) is 1.06. The summed E-state index contributed by atoms with van der Waals surface area (Å²) in [6.45, 7) is 0. The van der Waals surface area contributed by atoms with E-state index in [1.807, 2.05) is 0 Å². The van der Waals surface area contributed by atoms with Gasteiger partial charge in [0.25, 0.3) is 0 Å². The van der Waals surface area contributed by atoms with Gasteiger partial charge in [-0.25, -0.2) is 4.39 Å². The summed E-state index contributed by atoms with van der Waals surface area (Å²) in [6, 6.07) is 3.34. The molecule has 2 nitrogen and oxygen atoms in total. The van der Waals surface area contributed by atoms with E-state index < -0.39 is 5.67 Å². The van der Waals surface area contributed by atoms with Gasteiger partial charge in [-0.1, -0.05) is 0 Å². The second-order valence-electron chi connectivity index (χ2n) is 2.94. The molecule has 0 spiro atoms. The smallest absolute Gasteiger partial charge is 0.152 e. The van der Waals surface area contributed by atoms with E-state index >= 15 is 0 Å². The molecule has 3 heteroatoms. The minimum atomic E-state index is -1.13. The monoisotopic (exact) mass is 152 g/mol. The summed E-state index contributed by atoms with van der Waals surface area (Å²) in [4.78, 5) is 3.91. The van der Waals surface area contributed by atoms with Crippen LogP contribution in [0.1, 0.15) is 18.5 Å². The van der Waals surface area contributed by atoms with Crippen molar-refractivity contribution in [2.75, 3.05) is 5.73 Å². The second-order valence-corrected chi connectivity index (χ2v) is 2.94. The fourth-order valence-corrected chi connectivity index (χ4v) is 1.04. The molecular weight excluding hydrogens is 143 g/mol. The van der Waals surface area contributed by atoms with Crippen LogP contribution >= 0.6 is 0 Å². The SMILES string of the molecule is Nc1ccc(C2(F)CC2)nc1. The number of hydrogen-bond donors (Lipinski definition) is 1. The summed E-state index contributed by atoms with van der Waals surface area (Å²) in [7, 11) is 0. The third-order valence-electron chi connectivity index (χ3n) is 1.93. The maximum Gasteiger partial charge on any atom is 0.152 e. The van der Waals surface area contributed by atoms with Gasteiger partial charge in [-0.05, 0) is 25.0 Å². The number of alkyl halides is 1. The molecule has 1 aliphatic carbocycles. The van der Waals surface area contributed by atoms with Crippen molar-refractivity contribution < 1.29 is 4.39 Å². The number of nitrogens with two attached hydrogens (primary N) is 1. The number of aromatic nitrogens is 1. The predicted octanol–water partition coefficient (Wildman–Crippen LogP) is 1.62. The highest BCUT2D eigenvalue weighted by Gasteiger charge is 2.46. The summed E-state index contributed by atoms with van der Waals surface area (Å²) >= 11 is 0. The lowest BCUT2D eigenvalue weighted by Gasteiger charge is -2.02. The number of pyridine rings is 1. The second kappa shape index (κ2) is 1.94. The number of halogens is 1.